The molecule has 1 unspecified atom stereocenters. The van der Waals surface area contributed by atoms with Gasteiger partial charge < -0.3 is 15.7 Å². The van der Waals surface area contributed by atoms with Crippen molar-refractivity contribution >= 4 is 5.91 Å². The SMILES string of the molecule is CC(O)CC(=O)NC1CNC1. The van der Waals surface area contributed by atoms with E-state index >= 15 is 0 Å². The van der Waals surface area contributed by atoms with Crippen molar-refractivity contribution in [2.75, 3.05) is 13.1 Å². The van der Waals surface area contributed by atoms with Crippen molar-refractivity contribution in [3.8, 4) is 0 Å². The second kappa shape index (κ2) is 3.69. The second-order valence-corrected chi connectivity index (χ2v) is 2.98. The highest BCUT2D eigenvalue weighted by Gasteiger charge is 2.18. The number of nitrogens with one attached hydrogen (secondary N) is 2. The van der Waals surface area contributed by atoms with E-state index in [-0.39, 0.29) is 18.4 Å². The van der Waals surface area contributed by atoms with E-state index < -0.39 is 6.10 Å². The minimum Gasteiger partial charge on any atom is -0.393 e. The number of aliphatic hydroxyl groups excluding tert-OH is 1. The predicted octanol–water partition coefficient (Wildman–Crippen LogP) is -1.15. The predicted molar refractivity (Wildman–Crippen MR) is 41.1 cm³/mol. The van der Waals surface area contributed by atoms with E-state index in [0.717, 1.165) is 13.1 Å². The minimum absolute atomic E-state index is 0.0634. The fourth-order valence-corrected chi connectivity index (χ4v) is 0.946. The third kappa shape index (κ3) is 2.86. The van der Waals surface area contributed by atoms with Gasteiger partial charge in [0.1, 0.15) is 0 Å². The molecule has 0 bridgehead atoms. The molecule has 0 spiro atoms. The molecule has 0 saturated carbocycles. The fraction of sp³-hybridized carbons (Fsp3) is 0.857. The molecule has 0 aromatic rings. The van der Waals surface area contributed by atoms with Crippen LogP contribution in [0, 0.1) is 0 Å². The summed E-state index contributed by atoms with van der Waals surface area (Å²) in [6.07, 6.45) is -0.334. The van der Waals surface area contributed by atoms with Crippen molar-refractivity contribution in [1.82, 2.24) is 10.6 Å². The first-order valence-electron chi connectivity index (χ1n) is 3.86. The normalized spacial score (nSPS) is 20.5. The average molecular weight is 158 g/mol. The zero-order chi connectivity index (χ0) is 8.27. The Bertz CT molecular complexity index is 143. The van der Waals surface area contributed by atoms with Crippen LogP contribution in [0.3, 0.4) is 0 Å². The Kier molecular flexibility index (Phi) is 2.84. The summed E-state index contributed by atoms with van der Waals surface area (Å²) in [5, 5.41) is 14.7. The highest BCUT2D eigenvalue weighted by atomic mass is 16.3. The quantitative estimate of drug-likeness (QED) is 0.486. The molecule has 1 fully saturated rings. The van der Waals surface area contributed by atoms with Gasteiger partial charge in [0, 0.05) is 13.1 Å². The Morgan fingerprint density at radius 3 is 2.82 bits per heavy atom. The van der Waals surface area contributed by atoms with Crippen LogP contribution in [0.1, 0.15) is 13.3 Å². The zero-order valence-corrected chi connectivity index (χ0v) is 6.63. The number of amides is 1. The van der Waals surface area contributed by atoms with Gasteiger partial charge in [-0.2, -0.15) is 0 Å². The molecule has 0 aliphatic carbocycles. The molecule has 3 N–H and O–H groups in total. The Morgan fingerprint density at radius 2 is 2.45 bits per heavy atom. The van der Waals surface area contributed by atoms with Gasteiger partial charge >= 0.3 is 0 Å². The zero-order valence-electron chi connectivity index (χ0n) is 6.63. The first kappa shape index (κ1) is 8.49. The first-order valence-corrected chi connectivity index (χ1v) is 3.86. The molecule has 1 rings (SSSR count). The van der Waals surface area contributed by atoms with Crippen molar-refractivity contribution in [2.45, 2.75) is 25.5 Å². The van der Waals surface area contributed by atoms with Gasteiger partial charge in [0.25, 0.3) is 0 Å². The lowest BCUT2D eigenvalue weighted by Gasteiger charge is -2.28. The van der Waals surface area contributed by atoms with E-state index in [0.29, 0.717) is 0 Å². The molecule has 1 heterocycles. The van der Waals surface area contributed by atoms with Crippen molar-refractivity contribution in [1.29, 1.82) is 0 Å². The third-order valence-corrected chi connectivity index (χ3v) is 1.63. The summed E-state index contributed by atoms with van der Waals surface area (Å²) in [6, 6.07) is 0.279. The molecule has 0 radical (unpaired) electrons. The molecule has 64 valence electrons. The molecule has 1 atom stereocenters. The van der Waals surface area contributed by atoms with Crippen LogP contribution in [0.5, 0.6) is 0 Å². The molecule has 1 saturated heterocycles. The average Bonchev–Trinajstić information content (AvgIpc) is 1.77. The van der Waals surface area contributed by atoms with Crippen molar-refractivity contribution in [3.05, 3.63) is 0 Å². The topological polar surface area (TPSA) is 61.4 Å². The lowest BCUT2D eigenvalue weighted by atomic mass is 10.1. The van der Waals surface area contributed by atoms with Gasteiger partial charge in [0.05, 0.1) is 18.6 Å². The summed E-state index contributed by atoms with van der Waals surface area (Å²) in [5.74, 6) is -0.0634. The molecular weight excluding hydrogens is 144 g/mol. The molecule has 0 aromatic heterocycles. The molecular formula is C7H14N2O2. The van der Waals surface area contributed by atoms with Gasteiger partial charge in [-0.15, -0.1) is 0 Å². The van der Waals surface area contributed by atoms with Gasteiger partial charge in [0.15, 0.2) is 0 Å². The lowest BCUT2D eigenvalue weighted by molar-refractivity contribution is -0.123. The van der Waals surface area contributed by atoms with Crippen LogP contribution < -0.4 is 10.6 Å². The Hall–Kier alpha value is -0.610. The largest absolute Gasteiger partial charge is 0.393 e. The van der Waals surface area contributed by atoms with E-state index in [1.54, 1.807) is 6.92 Å². The van der Waals surface area contributed by atoms with Crippen molar-refractivity contribution in [2.24, 2.45) is 0 Å². The molecule has 1 aliphatic rings. The molecule has 4 nitrogen and oxygen atoms in total. The summed E-state index contributed by atoms with van der Waals surface area (Å²) in [4.78, 5) is 11.0. The van der Waals surface area contributed by atoms with Gasteiger partial charge in [-0.1, -0.05) is 0 Å². The van der Waals surface area contributed by atoms with E-state index in [1.807, 2.05) is 0 Å². The summed E-state index contributed by atoms with van der Waals surface area (Å²) in [6.45, 7) is 3.32. The third-order valence-electron chi connectivity index (χ3n) is 1.63. The van der Waals surface area contributed by atoms with Crippen molar-refractivity contribution < 1.29 is 9.90 Å². The Morgan fingerprint density at radius 1 is 1.82 bits per heavy atom. The standard InChI is InChI=1S/C7H14N2O2/c1-5(10)2-7(11)9-6-3-8-4-6/h5-6,8,10H,2-4H2,1H3,(H,9,11). The maximum Gasteiger partial charge on any atom is 0.222 e. The van der Waals surface area contributed by atoms with E-state index in [9.17, 15) is 4.79 Å². The molecule has 1 amide bonds. The number of hydrogen-bond acceptors (Lipinski definition) is 3. The maximum atomic E-state index is 11.0. The Balaban J connectivity index is 2.09. The van der Waals surface area contributed by atoms with Crippen LogP contribution >= 0.6 is 0 Å². The van der Waals surface area contributed by atoms with Crippen LogP contribution in [0.4, 0.5) is 0 Å². The van der Waals surface area contributed by atoms with E-state index in [1.165, 1.54) is 0 Å². The lowest BCUT2D eigenvalue weighted by Crippen LogP contribution is -2.57. The number of hydrogen-bond donors (Lipinski definition) is 3. The van der Waals surface area contributed by atoms with Gasteiger partial charge in [0.2, 0.25) is 5.91 Å². The van der Waals surface area contributed by atoms with Crippen LogP contribution in [-0.4, -0.2) is 36.2 Å². The second-order valence-electron chi connectivity index (χ2n) is 2.98. The highest BCUT2D eigenvalue weighted by Crippen LogP contribution is 1.94. The Labute approximate surface area is 66.0 Å². The molecule has 4 heteroatoms. The maximum absolute atomic E-state index is 11.0. The van der Waals surface area contributed by atoms with Crippen LogP contribution in [0.15, 0.2) is 0 Å². The summed E-state index contributed by atoms with van der Waals surface area (Å²) in [5.41, 5.74) is 0. The summed E-state index contributed by atoms with van der Waals surface area (Å²) < 4.78 is 0. The molecule has 0 aromatic carbocycles. The van der Waals surface area contributed by atoms with Crippen molar-refractivity contribution in [3.63, 3.8) is 0 Å². The summed E-state index contributed by atoms with van der Waals surface area (Å²) in [7, 11) is 0. The first-order chi connectivity index (χ1) is 5.18. The molecule has 11 heavy (non-hydrogen) atoms. The number of carbonyl (C=O) groups is 1. The fourth-order valence-electron chi connectivity index (χ4n) is 0.946. The van der Waals surface area contributed by atoms with Gasteiger partial charge in [-0.3, -0.25) is 4.79 Å². The van der Waals surface area contributed by atoms with Gasteiger partial charge in [-0.25, -0.2) is 0 Å². The number of rotatable bonds is 3. The monoisotopic (exact) mass is 158 g/mol. The van der Waals surface area contributed by atoms with E-state index in [2.05, 4.69) is 10.6 Å². The van der Waals surface area contributed by atoms with Crippen LogP contribution in [0.25, 0.3) is 0 Å². The molecule has 1 aliphatic heterocycles. The summed E-state index contributed by atoms with van der Waals surface area (Å²) >= 11 is 0. The minimum atomic E-state index is -0.539. The van der Waals surface area contributed by atoms with Gasteiger partial charge in [-0.05, 0) is 6.92 Å². The van der Waals surface area contributed by atoms with Crippen LogP contribution in [0.2, 0.25) is 0 Å². The highest BCUT2D eigenvalue weighted by molar-refractivity contribution is 5.76. The van der Waals surface area contributed by atoms with E-state index in [4.69, 9.17) is 5.11 Å². The number of carbonyl (C=O) groups excluding carboxylic acids is 1. The smallest absolute Gasteiger partial charge is 0.222 e. The number of aliphatic hydroxyl groups is 1. The van der Waals surface area contributed by atoms with Crippen LogP contribution in [-0.2, 0) is 4.79 Å².